The van der Waals surface area contributed by atoms with Crippen LogP contribution >= 0.6 is 0 Å². The van der Waals surface area contributed by atoms with Crippen molar-refractivity contribution >= 4 is 5.91 Å². The van der Waals surface area contributed by atoms with Crippen molar-refractivity contribution in [3.05, 3.63) is 76.1 Å². The first kappa shape index (κ1) is 17.2. The molecule has 1 amide bonds. The fraction of sp³-hybridized carbons (Fsp3) is 0.300. The maximum absolute atomic E-state index is 12.6. The molecule has 3 aromatic rings. The van der Waals surface area contributed by atoms with Gasteiger partial charge in [-0.1, -0.05) is 23.8 Å². The summed E-state index contributed by atoms with van der Waals surface area (Å²) < 4.78 is 1.29. The predicted molar refractivity (Wildman–Crippen MR) is 101 cm³/mol. The molecule has 1 aliphatic rings. The number of hydrogen-bond acceptors (Lipinski definition) is 4. The molecule has 0 unspecified atom stereocenters. The number of carbonyl (C=O) groups is 1. The molecule has 7 heteroatoms. The van der Waals surface area contributed by atoms with Gasteiger partial charge in [-0.05, 0) is 44.0 Å². The zero-order valence-electron chi connectivity index (χ0n) is 15.1. The summed E-state index contributed by atoms with van der Waals surface area (Å²) in [5, 5.41) is 4.42. The van der Waals surface area contributed by atoms with Gasteiger partial charge in [0.05, 0.1) is 0 Å². The molecular weight excluding hydrogens is 342 g/mol. The number of carbonyl (C=O) groups excluding carboxylic acids is 1. The minimum atomic E-state index is -0.290. The summed E-state index contributed by atoms with van der Waals surface area (Å²) in [7, 11) is 0. The highest BCUT2D eigenvalue weighted by molar-refractivity contribution is 5.94. The van der Waals surface area contributed by atoms with Gasteiger partial charge in [-0.15, -0.1) is 5.10 Å². The van der Waals surface area contributed by atoms with Crippen molar-refractivity contribution in [1.82, 2.24) is 24.6 Å². The number of hydrogen-bond donors (Lipinski definition) is 1. The Balaban J connectivity index is 1.44. The molecular formula is C20H21N5O2. The molecule has 0 spiro atoms. The summed E-state index contributed by atoms with van der Waals surface area (Å²) in [6, 6.07) is 13.0. The van der Waals surface area contributed by atoms with E-state index in [4.69, 9.17) is 0 Å². The van der Waals surface area contributed by atoms with Gasteiger partial charge in [0.1, 0.15) is 5.82 Å². The van der Waals surface area contributed by atoms with Crippen molar-refractivity contribution in [2.24, 2.45) is 0 Å². The van der Waals surface area contributed by atoms with Gasteiger partial charge < -0.3 is 4.90 Å². The van der Waals surface area contributed by atoms with Crippen LogP contribution in [0.3, 0.4) is 0 Å². The first-order chi connectivity index (χ1) is 13.1. The average Bonchev–Trinajstić information content (AvgIpc) is 3.10. The molecule has 1 N–H and O–H groups in total. The minimum Gasteiger partial charge on any atom is -0.339 e. The molecule has 4 rings (SSSR count). The summed E-state index contributed by atoms with van der Waals surface area (Å²) in [6.45, 7) is 3.30. The van der Waals surface area contributed by atoms with Crippen LogP contribution in [0.5, 0.6) is 0 Å². The van der Waals surface area contributed by atoms with E-state index in [1.807, 2.05) is 42.2 Å². The van der Waals surface area contributed by atoms with Crippen molar-refractivity contribution in [3.63, 3.8) is 0 Å². The van der Waals surface area contributed by atoms with E-state index in [2.05, 4.69) is 15.1 Å². The van der Waals surface area contributed by atoms with Gasteiger partial charge in [0.15, 0.2) is 5.82 Å². The fourth-order valence-corrected chi connectivity index (χ4v) is 3.39. The van der Waals surface area contributed by atoms with Crippen molar-refractivity contribution in [2.45, 2.75) is 25.7 Å². The third kappa shape index (κ3) is 3.53. The molecule has 3 heterocycles. The van der Waals surface area contributed by atoms with Crippen LogP contribution in [0.25, 0.3) is 5.82 Å². The molecule has 0 radical (unpaired) electrons. The minimum absolute atomic E-state index is 0.0564. The number of nitrogens with one attached hydrogen (secondary N) is 1. The van der Waals surface area contributed by atoms with Crippen molar-refractivity contribution < 1.29 is 4.79 Å². The van der Waals surface area contributed by atoms with E-state index in [9.17, 15) is 9.59 Å². The molecule has 1 saturated heterocycles. The van der Waals surface area contributed by atoms with Gasteiger partial charge >= 0.3 is 5.69 Å². The lowest BCUT2D eigenvalue weighted by Gasteiger charge is -2.31. The Morgan fingerprint density at radius 3 is 2.52 bits per heavy atom. The van der Waals surface area contributed by atoms with Gasteiger partial charge in [-0.3, -0.25) is 9.78 Å². The lowest BCUT2D eigenvalue weighted by Crippen LogP contribution is -2.38. The molecule has 0 aliphatic carbocycles. The zero-order valence-corrected chi connectivity index (χ0v) is 15.1. The summed E-state index contributed by atoms with van der Waals surface area (Å²) >= 11 is 0. The third-order valence-corrected chi connectivity index (χ3v) is 4.97. The summed E-state index contributed by atoms with van der Waals surface area (Å²) in [4.78, 5) is 33.7. The Bertz CT molecular complexity index is 983. The molecule has 2 aromatic heterocycles. The maximum atomic E-state index is 12.6. The number of amides is 1. The highest BCUT2D eigenvalue weighted by atomic mass is 16.2. The standard InChI is InChI=1S/C20H21N5O2/c1-14-5-7-16(8-6-14)19(26)24-12-9-15(10-13-24)18-22-20(27)25(23-18)17-4-2-3-11-21-17/h2-8,11,15H,9-10,12-13H2,1H3,(H,22,23,27). The third-order valence-electron chi connectivity index (χ3n) is 4.97. The van der Waals surface area contributed by atoms with E-state index in [1.165, 1.54) is 4.68 Å². The Morgan fingerprint density at radius 1 is 1.11 bits per heavy atom. The van der Waals surface area contributed by atoms with Gasteiger partial charge in [-0.2, -0.15) is 4.68 Å². The first-order valence-electron chi connectivity index (χ1n) is 9.08. The van der Waals surface area contributed by atoms with Crippen LogP contribution in [0.15, 0.2) is 53.5 Å². The Hall–Kier alpha value is -3.22. The van der Waals surface area contributed by atoms with E-state index >= 15 is 0 Å². The second kappa shape index (κ2) is 7.19. The number of benzene rings is 1. The van der Waals surface area contributed by atoms with E-state index < -0.39 is 0 Å². The Morgan fingerprint density at radius 2 is 1.85 bits per heavy atom. The molecule has 0 saturated carbocycles. The van der Waals surface area contributed by atoms with E-state index in [-0.39, 0.29) is 17.5 Å². The smallest absolute Gasteiger partial charge is 0.339 e. The van der Waals surface area contributed by atoms with Gasteiger partial charge in [0.2, 0.25) is 0 Å². The Labute approximate surface area is 156 Å². The van der Waals surface area contributed by atoms with Gasteiger partial charge in [-0.25, -0.2) is 9.78 Å². The maximum Gasteiger partial charge on any atom is 0.349 e. The number of aromatic amines is 1. The van der Waals surface area contributed by atoms with Crippen LogP contribution in [-0.2, 0) is 0 Å². The van der Waals surface area contributed by atoms with Crippen LogP contribution in [0.2, 0.25) is 0 Å². The molecule has 0 bridgehead atoms. The second-order valence-corrected chi connectivity index (χ2v) is 6.85. The number of rotatable bonds is 3. The summed E-state index contributed by atoms with van der Waals surface area (Å²) in [5.41, 5.74) is 1.56. The van der Waals surface area contributed by atoms with Crippen LogP contribution in [0.1, 0.15) is 40.5 Å². The zero-order chi connectivity index (χ0) is 18.8. The Kier molecular flexibility index (Phi) is 4.58. The number of likely N-dealkylation sites (tertiary alicyclic amines) is 1. The van der Waals surface area contributed by atoms with Crippen molar-refractivity contribution in [1.29, 1.82) is 0 Å². The highest BCUT2D eigenvalue weighted by Gasteiger charge is 2.27. The lowest BCUT2D eigenvalue weighted by atomic mass is 9.95. The fourth-order valence-electron chi connectivity index (χ4n) is 3.39. The van der Waals surface area contributed by atoms with Crippen LogP contribution in [0.4, 0.5) is 0 Å². The van der Waals surface area contributed by atoms with Crippen molar-refractivity contribution in [3.8, 4) is 5.82 Å². The van der Waals surface area contributed by atoms with Gasteiger partial charge in [0.25, 0.3) is 5.91 Å². The monoisotopic (exact) mass is 363 g/mol. The SMILES string of the molecule is Cc1ccc(C(=O)N2CCC(c3nn(-c4ccccn4)c(=O)[nH]3)CC2)cc1. The topological polar surface area (TPSA) is 83.9 Å². The quantitative estimate of drug-likeness (QED) is 0.774. The molecule has 1 aromatic carbocycles. The van der Waals surface area contributed by atoms with Crippen LogP contribution in [-0.4, -0.2) is 43.6 Å². The first-order valence-corrected chi connectivity index (χ1v) is 9.08. The number of piperidine rings is 1. The number of nitrogens with zero attached hydrogens (tertiary/aromatic N) is 4. The molecule has 1 fully saturated rings. The summed E-state index contributed by atoms with van der Waals surface area (Å²) in [6.07, 6.45) is 3.17. The van der Waals surface area contributed by atoms with E-state index in [1.54, 1.807) is 18.3 Å². The molecule has 0 atom stereocenters. The lowest BCUT2D eigenvalue weighted by molar-refractivity contribution is 0.0711. The van der Waals surface area contributed by atoms with Crippen molar-refractivity contribution in [2.75, 3.05) is 13.1 Å². The number of H-pyrrole nitrogens is 1. The highest BCUT2D eigenvalue weighted by Crippen LogP contribution is 2.26. The van der Waals surface area contributed by atoms with Crippen LogP contribution < -0.4 is 5.69 Å². The van der Waals surface area contributed by atoms with E-state index in [0.29, 0.717) is 30.3 Å². The largest absolute Gasteiger partial charge is 0.349 e. The van der Waals surface area contributed by atoms with E-state index in [0.717, 1.165) is 18.4 Å². The average molecular weight is 363 g/mol. The number of aromatic nitrogens is 4. The molecule has 1 aliphatic heterocycles. The predicted octanol–water partition coefficient (Wildman–Crippen LogP) is 2.28. The van der Waals surface area contributed by atoms with Crippen LogP contribution in [0, 0.1) is 6.92 Å². The molecule has 27 heavy (non-hydrogen) atoms. The molecule has 7 nitrogen and oxygen atoms in total. The number of aryl methyl sites for hydroxylation is 1. The molecule has 138 valence electrons. The second-order valence-electron chi connectivity index (χ2n) is 6.85. The summed E-state index contributed by atoms with van der Waals surface area (Å²) in [5.74, 6) is 1.34. The normalized spacial score (nSPS) is 15.1. The van der Waals surface area contributed by atoms with Gasteiger partial charge in [0, 0.05) is 30.8 Å². The number of pyridine rings is 1.